The van der Waals surface area contributed by atoms with Crippen molar-refractivity contribution in [3.05, 3.63) is 52.6 Å². The van der Waals surface area contributed by atoms with E-state index in [4.69, 9.17) is 4.42 Å². The van der Waals surface area contributed by atoms with Crippen LogP contribution in [0.15, 0.2) is 45.7 Å². The summed E-state index contributed by atoms with van der Waals surface area (Å²) in [4.78, 5) is 37.0. The van der Waals surface area contributed by atoms with Gasteiger partial charge in [-0.2, -0.15) is 0 Å². The van der Waals surface area contributed by atoms with E-state index in [1.807, 2.05) is 19.1 Å². The summed E-state index contributed by atoms with van der Waals surface area (Å²) in [5.74, 6) is 0.872. The smallest absolute Gasteiger partial charge is 0.293 e. The average molecular weight is 355 g/mol. The summed E-state index contributed by atoms with van der Waals surface area (Å²) in [7, 11) is 0. The number of hydrogen-bond acceptors (Lipinski definition) is 5. The van der Waals surface area contributed by atoms with Crippen LogP contribution in [-0.2, 0) is 4.79 Å². The molecule has 0 spiro atoms. The van der Waals surface area contributed by atoms with Gasteiger partial charge in [-0.15, -0.1) is 0 Å². The highest BCUT2D eigenvalue weighted by molar-refractivity contribution is 8.18. The average Bonchev–Trinajstić information content (AvgIpc) is 3.16. The maximum absolute atomic E-state index is 12.2. The standard InChI is InChI=1S/C19H17NO4S/c1-3-10-20-18(22)17(25-19(20)23)11-15-8-9-16(24-15)14-6-4-13(5-7-14)12(2)21/h4-9,11H,3,10H2,1-2H3/b17-11+. The Bertz CT molecular complexity index is 864. The quantitative estimate of drug-likeness (QED) is 0.579. The summed E-state index contributed by atoms with van der Waals surface area (Å²) in [5, 5.41) is -0.246. The van der Waals surface area contributed by atoms with Gasteiger partial charge in [-0.25, -0.2) is 0 Å². The first-order chi connectivity index (χ1) is 12.0. The molecule has 0 aliphatic carbocycles. The molecule has 2 amide bonds. The van der Waals surface area contributed by atoms with Crippen molar-refractivity contribution in [3.63, 3.8) is 0 Å². The molecular formula is C19H17NO4S. The minimum Gasteiger partial charge on any atom is -0.457 e. The lowest BCUT2D eigenvalue weighted by molar-refractivity contribution is -0.122. The number of benzene rings is 1. The zero-order valence-corrected chi connectivity index (χ0v) is 14.8. The molecule has 2 heterocycles. The number of imide groups is 1. The minimum absolute atomic E-state index is 0.00879. The Morgan fingerprint density at radius 1 is 1.16 bits per heavy atom. The zero-order chi connectivity index (χ0) is 18.0. The third kappa shape index (κ3) is 3.58. The van der Waals surface area contributed by atoms with Crippen LogP contribution in [0.1, 0.15) is 36.4 Å². The Balaban J connectivity index is 1.81. The molecule has 0 N–H and O–H groups in total. The van der Waals surface area contributed by atoms with E-state index in [0.29, 0.717) is 28.5 Å². The topological polar surface area (TPSA) is 67.6 Å². The van der Waals surface area contributed by atoms with Gasteiger partial charge in [-0.3, -0.25) is 19.3 Å². The summed E-state index contributed by atoms with van der Waals surface area (Å²) in [6.07, 6.45) is 2.32. The molecule has 0 radical (unpaired) electrons. The third-order valence-electron chi connectivity index (χ3n) is 3.80. The van der Waals surface area contributed by atoms with Gasteiger partial charge in [0.05, 0.1) is 4.91 Å². The molecule has 0 unspecified atom stereocenters. The Kier molecular flexibility index (Phi) is 4.90. The first-order valence-electron chi connectivity index (χ1n) is 7.96. The largest absolute Gasteiger partial charge is 0.457 e. The molecule has 5 nitrogen and oxygen atoms in total. The number of nitrogens with zero attached hydrogens (tertiary/aromatic N) is 1. The molecule has 128 valence electrons. The van der Waals surface area contributed by atoms with Crippen LogP contribution in [0.3, 0.4) is 0 Å². The molecule has 1 aliphatic heterocycles. The molecule has 1 aromatic carbocycles. The van der Waals surface area contributed by atoms with Gasteiger partial charge in [0.1, 0.15) is 11.5 Å². The summed E-state index contributed by atoms with van der Waals surface area (Å²) < 4.78 is 5.75. The molecule has 1 aliphatic rings. The molecule has 3 rings (SSSR count). The van der Waals surface area contributed by atoms with Gasteiger partial charge in [-0.1, -0.05) is 31.2 Å². The first-order valence-corrected chi connectivity index (χ1v) is 8.78. The van der Waals surface area contributed by atoms with Crippen LogP contribution in [-0.4, -0.2) is 28.4 Å². The van der Waals surface area contributed by atoms with Crippen LogP contribution >= 0.6 is 11.8 Å². The fourth-order valence-electron chi connectivity index (χ4n) is 2.50. The molecule has 1 aromatic heterocycles. The van der Waals surface area contributed by atoms with Crippen molar-refractivity contribution in [1.29, 1.82) is 0 Å². The lowest BCUT2D eigenvalue weighted by Gasteiger charge is -2.09. The van der Waals surface area contributed by atoms with Gasteiger partial charge in [0, 0.05) is 23.7 Å². The van der Waals surface area contributed by atoms with E-state index in [2.05, 4.69) is 0 Å². The molecule has 6 heteroatoms. The number of rotatable bonds is 5. The second-order valence-corrected chi connectivity index (χ2v) is 6.66. The van der Waals surface area contributed by atoms with E-state index in [9.17, 15) is 14.4 Å². The minimum atomic E-state index is -0.277. The molecule has 1 saturated heterocycles. The lowest BCUT2D eigenvalue weighted by atomic mass is 10.1. The summed E-state index contributed by atoms with van der Waals surface area (Å²) in [6, 6.07) is 10.7. The Morgan fingerprint density at radius 3 is 2.52 bits per heavy atom. The monoisotopic (exact) mass is 355 g/mol. The van der Waals surface area contributed by atoms with Gasteiger partial charge in [-0.05, 0) is 37.2 Å². The van der Waals surface area contributed by atoms with Crippen LogP contribution in [0, 0.1) is 0 Å². The number of hydrogen-bond donors (Lipinski definition) is 0. The van der Waals surface area contributed by atoms with Crippen molar-refractivity contribution in [3.8, 4) is 11.3 Å². The molecule has 0 atom stereocenters. The van der Waals surface area contributed by atoms with Crippen LogP contribution in [0.2, 0.25) is 0 Å². The molecule has 0 bridgehead atoms. The van der Waals surface area contributed by atoms with Crippen LogP contribution in [0.25, 0.3) is 17.4 Å². The van der Waals surface area contributed by atoms with E-state index in [1.165, 1.54) is 11.8 Å². The number of amides is 2. The van der Waals surface area contributed by atoms with Crippen molar-refractivity contribution in [1.82, 2.24) is 4.90 Å². The fourth-order valence-corrected chi connectivity index (χ4v) is 3.35. The second-order valence-electron chi connectivity index (χ2n) is 5.67. The SMILES string of the molecule is CCCN1C(=O)S/C(=C/c2ccc(-c3ccc(C(C)=O)cc3)o2)C1=O. The summed E-state index contributed by atoms with van der Waals surface area (Å²) in [5.41, 5.74) is 1.48. The van der Waals surface area contributed by atoms with E-state index in [-0.39, 0.29) is 16.9 Å². The van der Waals surface area contributed by atoms with E-state index in [1.54, 1.807) is 30.3 Å². The van der Waals surface area contributed by atoms with Gasteiger partial charge in [0.25, 0.3) is 11.1 Å². The first kappa shape index (κ1) is 17.2. The number of carbonyl (C=O) groups excluding carboxylic acids is 3. The van der Waals surface area contributed by atoms with Crippen LogP contribution in [0.4, 0.5) is 4.79 Å². The normalized spacial score (nSPS) is 16.1. The number of Topliss-reactive ketones (excluding diaryl/α,β-unsaturated/α-hetero) is 1. The highest BCUT2D eigenvalue weighted by Crippen LogP contribution is 2.33. The van der Waals surface area contributed by atoms with Crippen LogP contribution < -0.4 is 0 Å². The Morgan fingerprint density at radius 2 is 1.88 bits per heavy atom. The Hall–Kier alpha value is -2.60. The number of thioether (sulfide) groups is 1. The van der Waals surface area contributed by atoms with Crippen molar-refractivity contribution >= 4 is 34.8 Å². The predicted octanol–water partition coefficient (Wildman–Crippen LogP) is 4.60. The Labute approximate surface area is 149 Å². The van der Waals surface area contributed by atoms with Gasteiger partial charge in [0.2, 0.25) is 0 Å². The molecule has 2 aromatic rings. The maximum atomic E-state index is 12.2. The highest BCUT2D eigenvalue weighted by Gasteiger charge is 2.34. The van der Waals surface area contributed by atoms with Crippen molar-refractivity contribution in [2.24, 2.45) is 0 Å². The zero-order valence-electron chi connectivity index (χ0n) is 13.9. The van der Waals surface area contributed by atoms with Crippen molar-refractivity contribution < 1.29 is 18.8 Å². The van der Waals surface area contributed by atoms with Crippen LogP contribution in [0.5, 0.6) is 0 Å². The van der Waals surface area contributed by atoms with Crippen molar-refractivity contribution in [2.75, 3.05) is 6.54 Å². The number of carbonyl (C=O) groups is 3. The second kappa shape index (κ2) is 7.11. The van der Waals surface area contributed by atoms with Gasteiger partial charge in [0.15, 0.2) is 5.78 Å². The van der Waals surface area contributed by atoms with E-state index < -0.39 is 0 Å². The molecule has 25 heavy (non-hydrogen) atoms. The van der Waals surface area contributed by atoms with Gasteiger partial charge >= 0.3 is 0 Å². The number of furan rings is 1. The van der Waals surface area contributed by atoms with E-state index >= 15 is 0 Å². The lowest BCUT2D eigenvalue weighted by Crippen LogP contribution is -2.28. The summed E-state index contributed by atoms with van der Waals surface area (Å²) >= 11 is 0.928. The van der Waals surface area contributed by atoms with Gasteiger partial charge < -0.3 is 4.42 Å². The predicted molar refractivity (Wildman–Crippen MR) is 97.1 cm³/mol. The number of ketones is 1. The van der Waals surface area contributed by atoms with Crippen molar-refractivity contribution in [2.45, 2.75) is 20.3 Å². The molecule has 1 fully saturated rings. The fraction of sp³-hybridized carbons (Fsp3) is 0.211. The molecule has 0 saturated carbocycles. The van der Waals surface area contributed by atoms with E-state index in [0.717, 1.165) is 23.7 Å². The highest BCUT2D eigenvalue weighted by atomic mass is 32.2. The maximum Gasteiger partial charge on any atom is 0.293 e. The molecular weight excluding hydrogens is 338 g/mol. The summed E-state index contributed by atoms with van der Waals surface area (Å²) in [6.45, 7) is 3.86. The third-order valence-corrected chi connectivity index (χ3v) is 4.70.